The van der Waals surface area contributed by atoms with Crippen molar-refractivity contribution in [1.29, 1.82) is 0 Å². The number of pyridine rings is 1. The summed E-state index contributed by atoms with van der Waals surface area (Å²) in [5.74, 6) is 0.723. The average molecular weight is 465 g/mol. The first-order valence-corrected chi connectivity index (χ1v) is 12.2. The number of fused-ring (bicyclic) bond motifs is 3. The van der Waals surface area contributed by atoms with Crippen LogP contribution in [0.3, 0.4) is 0 Å². The van der Waals surface area contributed by atoms with Crippen molar-refractivity contribution < 1.29 is 18.6 Å². The summed E-state index contributed by atoms with van der Waals surface area (Å²) in [7, 11) is 0. The first-order chi connectivity index (χ1) is 16.6. The lowest BCUT2D eigenvalue weighted by atomic mass is 10.0. The fourth-order valence-corrected chi connectivity index (χ4v) is 5.52. The van der Waals surface area contributed by atoms with Gasteiger partial charge in [0, 0.05) is 36.3 Å². The molecular weight excluding hydrogens is 435 g/mol. The molecule has 0 saturated carbocycles. The van der Waals surface area contributed by atoms with Gasteiger partial charge in [-0.25, -0.2) is 4.39 Å². The summed E-state index contributed by atoms with van der Waals surface area (Å²) in [6.45, 7) is 1.29. The highest BCUT2D eigenvalue weighted by molar-refractivity contribution is 5.83. The van der Waals surface area contributed by atoms with Gasteiger partial charge in [0.15, 0.2) is 5.82 Å². The number of nitrogens with one attached hydrogen (secondary N) is 1. The minimum Gasteiger partial charge on any atom is -0.491 e. The molecule has 7 heteroatoms. The summed E-state index contributed by atoms with van der Waals surface area (Å²) >= 11 is 0. The SMILES string of the molecule is O=c1c2ccc(OC[C@@H]3CCCO3)cc2ccn1-c1ccc(O[C@H]2C[C@H]3CC[C@@H](C2)N3)cc1F. The number of hydrogen-bond acceptors (Lipinski definition) is 5. The average Bonchev–Trinajstić information content (AvgIpc) is 3.48. The van der Waals surface area contributed by atoms with Gasteiger partial charge in [-0.05, 0) is 80.3 Å². The molecule has 0 radical (unpaired) electrons. The summed E-state index contributed by atoms with van der Waals surface area (Å²) in [5, 5.41) is 4.85. The van der Waals surface area contributed by atoms with Gasteiger partial charge in [0.25, 0.3) is 5.56 Å². The van der Waals surface area contributed by atoms with Crippen LogP contribution in [0.4, 0.5) is 4.39 Å². The van der Waals surface area contributed by atoms with Gasteiger partial charge in [-0.1, -0.05) is 0 Å². The highest BCUT2D eigenvalue weighted by Crippen LogP contribution is 2.30. The number of piperidine rings is 1. The zero-order chi connectivity index (χ0) is 23.1. The van der Waals surface area contributed by atoms with Crippen LogP contribution in [-0.4, -0.2) is 42.1 Å². The molecule has 178 valence electrons. The minimum absolute atomic E-state index is 0.101. The van der Waals surface area contributed by atoms with E-state index in [9.17, 15) is 4.79 Å². The van der Waals surface area contributed by atoms with Gasteiger partial charge >= 0.3 is 0 Å². The van der Waals surface area contributed by atoms with Gasteiger partial charge in [0.2, 0.25) is 0 Å². The number of halogens is 1. The molecule has 4 atom stereocenters. The van der Waals surface area contributed by atoms with Crippen LogP contribution < -0.4 is 20.3 Å². The van der Waals surface area contributed by atoms with E-state index in [1.807, 2.05) is 12.1 Å². The van der Waals surface area contributed by atoms with Gasteiger partial charge in [0.1, 0.15) is 24.2 Å². The molecular formula is C27H29FN2O4. The van der Waals surface area contributed by atoms with Crippen molar-refractivity contribution >= 4 is 10.8 Å². The Morgan fingerprint density at radius 3 is 2.62 bits per heavy atom. The van der Waals surface area contributed by atoms with Crippen LogP contribution in [0.2, 0.25) is 0 Å². The van der Waals surface area contributed by atoms with Crippen LogP contribution in [0, 0.1) is 5.82 Å². The zero-order valence-corrected chi connectivity index (χ0v) is 19.0. The third-order valence-corrected chi connectivity index (χ3v) is 7.25. The molecule has 0 spiro atoms. The predicted molar refractivity (Wildman–Crippen MR) is 128 cm³/mol. The molecule has 2 bridgehead atoms. The molecule has 0 unspecified atom stereocenters. The maximum absolute atomic E-state index is 15.1. The Kier molecular flexibility index (Phi) is 5.75. The standard InChI is InChI=1S/C27H29FN2O4/c28-25-15-21(34-23-13-18-3-4-19(14-23)29-18)6-8-26(25)30-10-9-17-12-20(5-7-24(17)27(30)31)33-16-22-2-1-11-32-22/h5-10,12,15,18-19,22-23,29H,1-4,11,13-14,16H2/t18-,19+,22-,23+/m0/s1. The second-order valence-electron chi connectivity index (χ2n) is 9.65. The van der Waals surface area contributed by atoms with E-state index >= 15 is 4.39 Å². The Balaban J connectivity index is 1.20. The third-order valence-electron chi connectivity index (χ3n) is 7.25. The van der Waals surface area contributed by atoms with Crippen molar-refractivity contribution in [2.24, 2.45) is 0 Å². The van der Waals surface area contributed by atoms with Gasteiger partial charge < -0.3 is 19.5 Å². The van der Waals surface area contributed by atoms with E-state index in [-0.39, 0.29) is 23.5 Å². The van der Waals surface area contributed by atoms with E-state index < -0.39 is 5.82 Å². The van der Waals surface area contributed by atoms with E-state index in [0.717, 1.165) is 37.7 Å². The van der Waals surface area contributed by atoms with Crippen molar-refractivity contribution in [3.05, 3.63) is 64.8 Å². The van der Waals surface area contributed by atoms with Crippen molar-refractivity contribution in [2.45, 2.75) is 62.8 Å². The monoisotopic (exact) mass is 464 g/mol. The molecule has 34 heavy (non-hydrogen) atoms. The fourth-order valence-electron chi connectivity index (χ4n) is 5.52. The number of aromatic nitrogens is 1. The lowest BCUT2D eigenvalue weighted by molar-refractivity contribution is 0.0680. The Morgan fingerprint density at radius 1 is 1.03 bits per heavy atom. The van der Waals surface area contributed by atoms with Crippen molar-refractivity contribution in [2.75, 3.05) is 13.2 Å². The van der Waals surface area contributed by atoms with Crippen LogP contribution in [-0.2, 0) is 4.74 Å². The predicted octanol–water partition coefficient (Wildman–Crippen LogP) is 4.35. The number of ether oxygens (including phenoxy) is 3. The van der Waals surface area contributed by atoms with Gasteiger partial charge in [-0.2, -0.15) is 0 Å². The lowest BCUT2D eigenvalue weighted by Gasteiger charge is -2.29. The Labute approximate surface area is 197 Å². The Morgan fingerprint density at radius 2 is 1.85 bits per heavy atom. The maximum Gasteiger partial charge on any atom is 0.263 e. The van der Waals surface area contributed by atoms with Crippen LogP contribution in [0.5, 0.6) is 11.5 Å². The van der Waals surface area contributed by atoms with E-state index in [0.29, 0.717) is 35.6 Å². The Hall–Kier alpha value is -2.90. The first kappa shape index (κ1) is 21.6. The Bertz CT molecular complexity index is 1240. The highest BCUT2D eigenvalue weighted by Gasteiger charge is 2.34. The number of nitrogens with zero attached hydrogens (tertiary/aromatic N) is 1. The van der Waals surface area contributed by atoms with Gasteiger partial charge in [-0.3, -0.25) is 9.36 Å². The summed E-state index contributed by atoms with van der Waals surface area (Å²) in [4.78, 5) is 13.1. The van der Waals surface area contributed by atoms with Crippen molar-refractivity contribution in [1.82, 2.24) is 9.88 Å². The zero-order valence-electron chi connectivity index (χ0n) is 19.0. The molecule has 3 aliphatic rings. The molecule has 3 aromatic rings. The summed E-state index contributed by atoms with van der Waals surface area (Å²) in [6.07, 6.45) is 8.18. The maximum atomic E-state index is 15.1. The summed E-state index contributed by atoms with van der Waals surface area (Å²) in [5.41, 5.74) is -0.0611. The number of hydrogen-bond donors (Lipinski definition) is 1. The molecule has 0 aliphatic carbocycles. The van der Waals surface area contributed by atoms with Crippen molar-refractivity contribution in [3.8, 4) is 17.2 Å². The molecule has 3 aliphatic heterocycles. The topological polar surface area (TPSA) is 61.7 Å². The van der Waals surface area contributed by atoms with Crippen LogP contribution >= 0.6 is 0 Å². The van der Waals surface area contributed by atoms with Crippen LogP contribution in [0.25, 0.3) is 16.5 Å². The lowest BCUT2D eigenvalue weighted by Crippen LogP contribution is -2.42. The molecule has 3 fully saturated rings. The number of benzene rings is 2. The fraction of sp³-hybridized carbons (Fsp3) is 0.444. The molecule has 0 amide bonds. The van der Waals surface area contributed by atoms with E-state index in [1.165, 1.54) is 23.5 Å². The molecule has 6 nitrogen and oxygen atoms in total. The van der Waals surface area contributed by atoms with E-state index in [1.54, 1.807) is 30.5 Å². The third kappa shape index (κ3) is 4.30. The molecule has 2 aromatic carbocycles. The minimum atomic E-state index is -0.479. The molecule has 4 heterocycles. The van der Waals surface area contributed by atoms with Crippen LogP contribution in [0.15, 0.2) is 53.5 Å². The van der Waals surface area contributed by atoms with Gasteiger partial charge in [0.05, 0.1) is 11.8 Å². The highest BCUT2D eigenvalue weighted by atomic mass is 19.1. The first-order valence-electron chi connectivity index (χ1n) is 12.2. The van der Waals surface area contributed by atoms with Crippen molar-refractivity contribution in [3.63, 3.8) is 0 Å². The van der Waals surface area contributed by atoms with Crippen LogP contribution in [0.1, 0.15) is 38.5 Å². The summed E-state index contributed by atoms with van der Waals surface area (Å²) < 4.78 is 33.9. The molecule has 3 saturated heterocycles. The molecule has 6 rings (SSSR count). The number of rotatable bonds is 6. The summed E-state index contributed by atoms with van der Waals surface area (Å²) in [6, 6.07) is 12.9. The van der Waals surface area contributed by atoms with Gasteiger partial charge in [-0.15, -0.1) is 0 Å². The smallest absolute Gasteiger partial charge is 0.263 e. The normalized spacial score (nSPS) is 26.1. The molecule has 1 N–H and O–H groups in total. The quantitative estimate of drug-likeness (QED) is 0.588. The second-order valence-corrected chi connectivity index (χ2v) is 9.65. The molecule has 1 aromatic heterocycles. The van der Waals surface area contributed by atoms with E-state index in [2.05, 4.69) is 5.32 Å². The van der Waals surface area contributed by atoms with E-state index in [4.69, 9.17) is 14.2 Å². The second kappa shape index (κ2) is 9.04. The largest absolute Gasteiger partial charge is 0.491 e.